The number of carbonyl (C=O) groups excluding carboxylic acids is 1. The van der Waals surface area contributed by atoms with Crippen molar-refractivity contribution < 1.29 is 9.90 Å². The molecule has 0 radical (unpaired) electrons. The fourth-order valence-electron chi connectivity index (χ4n) is 3.25. The zero-order valence-electron chi connectivity index (χ0n) is 11.7. The number of urea groups is 1. The molecule has 0 bridgehead atoms. The lowest BCUT2D eigenvalue weighted by Gasteiger charge is -2.25. The smallest absolute Gasteiger partial charge is 0.317 e. The topological polar surface area (TPSA) is 52.6 Å². The standard InChI is InChI=1S/C16H22N2O2/c19-14-11-12-7-3-4-8-13(12)15(14)17-16(20)18-9-5-1-2-6-10-18/h3-4,7-8,14-15,19H,1-2,5-6,9-11H2,(H,17,20). The zero-order valence-corrected chi connectivity index (χ0v) is 11.7. The van der Waals surface area contributed by atoms with Gasteiger partial charge in [0.05, 0.1) is 12.1 Å². The summed E-state index contributed by atoms with van der Waals surface area (Å²) in [5, 5.41) is 13.2. The van der Waals surface area contributed by atoms with Crippen LogP contribution in [-0.4, -0.2) is 35.2 Å². The molecule has 1 saturated heterocycles. The van der Waals surface area contributed by atoms with Gasteiger partial charge in [0.25, 0.3) is 0 Å². The molecule has 2 amide bonds. The fourth-order valence-corrected chi connectivity index (χ4v) is 3.25. The van der Waals surface area contributed by atoms with Crippen LogP contribution in [0.5, 0.6) is 0 Å². The normalized spacial score (nSPS) is 25.9. The number of carbonyl (C=O) groups is 1. The highest BCUT2D eigenvalue weighted by molar-refractivity contribution is 5.75. The van der Waals surface area contributed by atoms with Crippen molar-refractivity contribution in [3.63, 3.8) is 0 Å². The van der Waals surface area contributed by atoms with Gasteiger partial charge in [0, 0.05) is 19.5 Å². The van der Waals surface area contributed by atoms with Gasteiger partial charge in [-0.05, 0) is 24.0 Å². The summed E-state index contributed by atoms with van der Waals surface area (Å²) in [6, 6.07) is 7.66. The van der Waals surface area contributed by atoms with Crippen LogP contribution < -0.4 is 5.32 Å². The predicted octanol–water partition coefficient (Wildman–Crippen LogP) is 2.23. The number of aliphatic hydroxyl groups is 1. The van der Waals surface area contributed by atoms with E-state index in [0.717, 1.165) is 37.1 Å². The van der Waals surface area contributed by atoms with Gasteiger partial charge >= 0.3 is 6.03 Å². The Morgan fingerprint density at radius 1 is 1.15 bits per heavy atom. The van der Waals surface area contributed by atoms with E-state index in [1.54, 1.807) is 0 Å². The molecule has 2 atom stereocenters. The minimum Gasteiger partial charge on any atom is -0.390 e. The summed E-state index contributed by atoms with van der Waals surface area (Å²) in [5.41, 5.74) is 2.20. The summed E-state index contributed by atoms with van der Waals surface area (Å²) in [6.07, 6.45) is 4.69. The van der Waals surface area contributed by atoms with Crippen LogP contribution in [-0.2, 0) is 6.42 Å². The van der Waals surface area contributed by atoms with Crippen LogP contribution in [0, 0.1) is 0 Å². The molecule has 1 aromatic carbocycles. The maximum Gasteiger partial charge on any atom is 0.317 e. The Morgan fingerprint density at radius 3 is 2.60 bits per heavy atom. The third kappa shape index (κ3) is 2.66. The molecule has 1 heterocycles. The third-order valence-electron chi connectivity index (χ3n) is 4.38. The minimum atomic E-state index is -0.511. The lowest BCUT2D eigenvalue weighted by Crippen LogP contribution is -2.44. The molecule has 20 heavy (non-hydrogen) atoms. The number of benzene rings is 1. The fraction of sp³-hybridized carbons (Fsp3) is 0.562. The summed E-state index contributed by atoms with van der Waals surface area (Å²) in [6.45, 7) is 1.66. The van der Waals surface area contributed by atoms with Crippen LogP contribution in [0.3, 0.4) is 0 Å². The van der Waals surface area contributed by atoms with Crippen molar-refractivity contribution >= 4 is 6.03 Å². The first kappa shape index (κ1) is 13.4. The highest BCUT2D eigenvalue weighted by Gasteiger charge is 2.32. The molecule has 1 aliphatic carbocycles. The first-order valence-electron chi connectivity index (χ1n) is 7.57. The van der Waals surface area contributed by atoms with E-state index in [1.165, 1.54) is 12.8 Å². The molecule has 1 aromatic rings. The van der Waals surface area contributed by atoms with Crippen LogP contribution in [0.2, 0.25) is 0 Å². The highest BCUT2D eigenvalue weighted by atomic mass is 16.3. The van der Waals surface area contributed by atoms with Gasteiger partial charge in [0.1, 0.15) is 0 Å². The zero-order chi connectivity index (χ0) is 13.9. The molecule has 2 unspecified atom stereocenters. The maximum atomic E-state index is 12.4. The first-order valence-corrected chi connectivity index (χ1v) is 7.57. The van der Waals surface area contributed by atoms with Gasteiger partial charge in [-0.3, -0.25) is 0 Å². The Labute approximate surface area is 119 Å². The molecule has 1 aliphatic heterocycles. The molecule has 1 fully saturated rings. The molecule has 2 aliphatic rings. The van der Waals surface area contributed by atoms with Crippen LogP contribution in [0.1, 0.15) is 42.9 Å². The SMILES string of the molecule is O=C(NC1c2ccccc2CC1O)N1CCCCCC1. The van der Waals surface area contributed by atoms with Gasteiger partial charge in [0.2, 0.25) is 0 Å². The van der Waals surface area contributed by atoms with Crippen molar-refractivity contribution in [2.75, 3.05) is 13.1 Å². The Bertz CT molecular complexity index is 481. The van der Waals surface area contributed by atoms with Gasteiger partial charge in [-0.25, -0.2) is 4.79 Å². The molecule has 0 saturated carbocycles. The second-order valence-electron chi connectivity index (χ2n) is 5.80. The number of nitrogens with one attached hydrogen (secondary N) is 1. The van der Waals surface area contributed by atoms with Crippen molar-refractivity contribution in [3.8, 4) is 0 Å². The second kappa shape index (κ2) is 5.83. The van der Waals surface area contributed by atoms with E-state index in [1.807, 2.05) is 29.2 Å². The number of hydrogen-bond acceptors (Lipinski definition) is 2. The van der Waals surface area contributed by atoms with Gasteiger partial charge in [-0.15, -0.1) is 0 Å². The van der Waals surface area contributed by atoms with Crippen molar-refractivity contribution in [2.24, 2.45) is 0 Å². The van der Waals surface area contributed by atoms with E-state index in [0.29, 0.717) is 6.42 Å². The molecule has 0 aromatic heterocycles. The molecule has 4 nitrogen and oxygen atoms in total. The number of nitrogens with zero attached hydrogens (tertiary/aromatic N) is 1. The number of amides is 2. The van der Waals surface area contributed by atoms with E-state index < -0.39 is 6.10 Å². The number of aliphatic hydroxyl groups excluding tert-OH is 1. The first-order chi connectivity index (χ1) is 9.75. The second-order valence-corrected chi connectivity index (χ2v) is 5.80. The molecular weight excluding hydrogens is 252 g/mol. The molecule has 0 spiro atoms. The third-order valence-corrected chi connectivity index (χ3v) is 4.38. The van der Waals surface area contributed by atoms with Gasteiger partial charge in [-0.2, -0.15) is 0 Å². The lowest BCUT2D eigenvalue weighted by molar-refractivity contribution is 0.134. The van der Waals surface area contributed by atoms with Crippen molar-refractivity contribution in [2.45, 2.75) is 44.2 Å². The summed E-state index contributed by atoms with van der Waals surface area (Å²) < 4.78 is 0. The maximum absolute atomic E-state index is 12.4. The van der Waals surface area contributed by atoms with Crippen molar-refractivity contribution in [3.05, 3.63) is 35.4 Å². The molecule has 108 valence electrons. The van der Waals surface area contributed by atoms with Gasteiger partial charge in [0.15, 0.2) is 0 Å². The van der Waals surface area contributed by atoms with Gasteiger partial charge < -0.3 is 15.3 Å². The Kier molecular flexibility index (Phi) is 3.92. The van der Waals surface area contributed by atoms with E-state index in [-0.39, 0.29) is 12.1 Å². The molecule has 4 heteroatoms. The summed E-state index contributed by atoms with van der Waals surface area (Å²) in [5.74, 6) is 0. The largest absolute Gasteiger partial charge is 0.390 e. The van der Waals surface area contributed by atoms with Crippen LogP contribution in [0.25, 0.3) is 0 Å². The monoisotopic (exact) mass is 274 g/mol. The van der Waals surface area contributed by atoms with Crippen LogP contribution in [0.15, 0.2) is 24.3 Å². The van der Waals surface area contributed by atoms with E-state index in [4.69, 9.17) is 0 Å². The highest BCUT2D eigenvalue weighted by Crippen LogP contribution is 2.31. The Hall–Kier alpha value is -1.55. The molecule has 2 N–H and O–H groups in total. The minimum absolute atomic E-state index is 0.0346. The van der Waals surface area contributed by atoms with E-state index in [2.05, 4.69) is 5.32 Å². The number of fused-ring (bicyclic) bond motifs is 1. The summed E-state index contributed by atoms with van der Waals surface area (Å²) >= 11 is 0. The Morgan fingerprint density at radius 2 is 1.85 bits per heavy atom. The quantitative estimate of drug-likeness (QED) is 0.825. The van der Waals surface area contributed by atoms with Crippen LogP contribution >= 0.6 is 0 Å². The summed E-state index contributed by atoms with van der Waals surface area (Å²) in [7, 11) is 0. The average Bonchev–Trinajstić information content (AvgIpc) is 2.66. The van der Waals surface area contributed by atoms with Crippen molar-refractivity contribution in [1.29, 1.82) is 0 Å². The van der Waals surface area contributed by atoms with E-state index in [9.17, 15) is 9.90 Å². The average molecular weight is 274 g/mol. The lowest BCUT2D eigenvalue weighted by atomic mass is 10.1. The number of rotatable bonds is 1. The molecule has 3 rings (SSSR count). The number of hydrogen-bond donors (Lipinski definition) is 2. The summed E-state index contributed by atoms with van der Waals surface area (Å²) in [4.78, 5) is 14.3. The van der Waals surface area contributed by atoms with Gasteiger partial charge in [-0.1, -0.05) is 37.1 Å². The van der Waals surface area contributed by atoms with Crippen LogP contribution in [0.4, 0.5) is 4.79 Å². The van der Waals surface area contributed by atoms with E-state index >= 15 is 0 Å². The predicted molar refractivity (Wildman–Crippen MR) is 77.5 cm³/mol. The van der Waals surface area contributed by atoms with Crippen molar-refractivity contribution in [1.82, 2.24) is 10.2 Å². The Balaban J connectivity index is 1.69. The number of likely N-dealkylation sites (tertiary alicyclic amines) is 1. The molecular formula is C16H22N2O2.